The van der Waals surface area contributed by atoms with E-state index in [1.807, 2.05) is 17.7 Å². The standard InChI is InChI=1S/C15H19N3O3/c1-12-17-6-7-18(12)8-10-21-15(19)5-9-20-14-4-2-3-13(16)11-14/h2-4,6-7,11H,5,8-10,16H2,1H3. The van der Waals surface area contributed by atoms with Gasteiger partial charge in [0.05, 0.1) is 19.6 Å². The van der Waals surface area contributed by atoms with Crippen molar-refractivity contribution in [1.82, 2.24) is 9.55 Å². The molecule has 0 aliphatic carbocycles. The van der Waals surface area contributed by atoms with Crippen LogP contribution < -0.4 is 10.5 Å². The lowest BCUT2D eigenvalue weighted by molar-refractivity contribution is -0.144. The fraction of sp³-hybridized carbons (Fsp3) is 0.333. The Morgan fingerprint density at radius 1 is 1.38 bits per heavy atom. The second kappa shape index (κ2) is 7.33. The van der Waals surface area contributed by atoms with E-state index in [2.05, 4.69) is 4.98 Å². The van der Waals surface area contributed by atoms with Gasteiger partial charge in [0.1, 0.15) is 18.2 Å². The molecular weight excluding hydrogens is 270 g/mol. The lowest BCUT2D eigenvalue weighted by Crippen LogP contribution is -2.14. The Hall–Kier alpha value is -2.50. The second-order valence-corrected chi connectivity index (χ2v) is 4.56. The molecule has 0 atom stereocenters. The number of nitrogen functional groups attached to an aromatic ring is 1. The van der Waals surface area contributed by atoms with E-state index in [9.17, 15) is 4.79 Å². The van der Waals surface area contributed by atoms with Gasteiger partial charge < -0.3 is 19.8 Å². The van der Waals surface area contributed by atoms with Crippen molar-refractivity contribution in [2.75, 3.05) is 18.9 Å². The normalized spacial score (nSPS) is 10.3. The van der Waals surface area contributed by atoms with Gasteiger partial charge in [0.2, 0.25) is 0 Å². The van der Waals surface area contributed by atoms with E-state index in [4.69, 9.17) is 15.2 Å². The third-order valence-electron chi connectivity index (χ3n) is 2.95. The van der Waals surface area contributed by atoms with Crippen LogP contribution in [-0.2, 0) is 16.1 Å². The summed E-state index contributed by atoms with van der Waals surface area (Å²) >= 11 is 0. The molecule has 0 amide bonds. The minimum atomic E-state index is -0.281. The highest BCUT2D eigenvalue weighted by Crippen LogP contribution is 2.14. The molecule has 112 valence electrons. The van der Waals surface area contributed by atoms with Crippen LogP contribution in [0.3, 0.4) is 0 Å². The summed E-state index contributed by atoms with van der Waals surface area (Å²) in [5.74, 6) is 1.27. The predicted molar refractivity (Wildman–Crippen MR) is 78.9 cm³/mol. The molecule has 2 rings (SSSR count). The van der Waals surface area contributed by atoms with Crippen molar-refractivity contribution >= 4 is 11.7 Å². The summed E-state index contributed by atoms with van der Waals surface area (Å²) in [7, 11) is 0. The van der Waals surface area contributed by atoms with Gasteiger partial charge in [-0.25, -0.2) is 4.98 Å². The molecule has 6 nitrogen and oxygen atoms in total. The molecule has 2 N–H and O–H groups in total. The lowest BCUT2D eigenvalue weighted by Gasteiger charge is -2.08. The molecule has 6 heteroatoms. The van der Waals surface area contributed by atoms with Crippen molar-refractivity contribution in [2.24, 2.45) is 0 Å². The fourth-order valence-corrected chi connectivity index (χ4v) is 1.83. The van der Waals surface area contributed by atoms with E-state index >= 15 is 0 Å². The molecule has 0 aliphatic rings. The molecular formula is C15H19N3O3. The molecule has 2 aromatic rings. The van der Waals surface area contributed by atoms with Crippen LogP contribution in [0.1, 0.15) is 12.2 Å². The van der Waals surface area contributed by atoms with Gasteiger partial charge in [0.15, 0.2) is 0 Å². The first-order valence-electron chi connectivity index (χ1n) is 6.77. The monoisotopic (exact) mass is 289 g/mol. The zero-order valence-electron chi connectivity index (χ0n) is 12.0. The van der Waals surface area contributed by atoms with Gasteiger partial charge in [-0.2, -0.15) is 0 Å². The van der Waals surface area contributed by atoms with E-state index in [1.165, 1.54) is 0 Å². The number of aryl methyl sites for hydroxylation is 1. The second-order valence-electron chi connectivity index (χ2n) is 4.56. The number of benzene rings is 1. The number of imidazole rings is 1. The van der Waals surface area contributed by atoms with E-state index in [-0.39, 0.29) is 19.0 Å². The summed E-state index contributed by atoms with van der Waals surface area (Å²) in [6.07, 6.45) is 3.78. The summed E-state index contributed by atoms with van der Waals surface area (Å²) in [4.78, 5) is 15.7. The number of nitrogens with zero attached hydrogens (tertiary/aromatic N) is 2. The minimum Gasteiger partial charge on any atom is -0.493 e. The first-order valence-corrected chi connectivity index (χ1v) is 6.77. The number of esters is 1. The molecule has 1 aromatic heterocycles. The Balaban J connectivity index is 1.63. The number of hydrogen-bond acceptors (Lipinski definition) is 5. The zero-order valence-corrected chi connectivity index (χ0v) is 12.0. The van der Waals surface area contributed by atoms with Gasteiger partial charge in [-0.15, -0.1) is 0 Å². The summed E-state index contributed by atoms with van der Waals surface area (Å²) in [6.45, 7) is 3.11. The average molecular weight is 289 g/mol. The van der Waals surface area contributed by atoms with Gasteiger partial charge in [0.25, 0.3) is 0 Å². The number of ether oxygens (including phenoxy) is 2. The summed E-state index contributed by atoms with van der Waals surface area (Å²) in [5, 5.41) is 0. The Labute approximate surface area is 123 Å². The van der Waals surface area contributed by atoms with E-state index < -0.39 is 0 Å². The molecule has 1 aromatic carbocycles. The van der Waals surface area contributed by atoms with E-state index in [1.54, 1.807) is 30.5 Å². The van der Waals surface area contributed by atoms with Crippen molar-refractivity contribution in [3.05, 3.63) is 42.5 Å². The average Bonchev–Trinajstić information content (AvgIpc) is 2.85. The molecule has 0 saturated heterocycles. The first-order chi connectivity index (χ1) is 10.1. The quantitative estimate of drug-likeness (QED) is 0.621. The van der Waals surface area contributed by atoms with Crippen molar-refractivity contribution in [2.45, 2.75) is 19.9 Å². The van der Waals surface area contributed by atoms with Crippen LogP contribution in [-0.4, -0.2) is 28.7 Å². The van der Waals surface area contributed by atoms with Crippen molar-refractivity contribution in [3.63, 3.8) is 0 Å². The van der Waals surface area contributed by atoms with Crippen LogP contribution in [0.2, 0.25) is 0 Å². The molecule has 1 heterocycles. The topological polar surface area (TPSA) is 79.4 Å². The van der Waals surface area contributed by atoms with E-state index in [0.29, 0.717) is 24.6 Å². The van der Waals surface area contributed by atoms with E-state index in [0.717, 1.165) is 5.82 Å². The molecule has 0 radical (unpaired) electrons. The maximum atomic E-state index is 11.6. The van der Waals surface area contributed by atoms with Crippen LogP contribution in [0.25, 0.3) is 0 Å². The molecule has 21 heavy (non-hydrogen) atoms. The first kappa shape index (κ1) is 14.9. The van der Waals surface area contributed by atoms with Crippen molar-refractivity contribution < 1.29 is 14.3 Å². The number of carbonyl (C=O) groups excluding carboxylic acids is 1. The van der Waals surface area contributed by atoms with Gasteiger partial charge >= 0.3 is 5.97 Å². The molecule has 0 spiro atoms. The number of nitrogens with two attached hydrogens (primary N) is 1. The zero-order chi connectivity index (χ0) is 15.1. The molecule has 0 bridgehead atoms. The molecule has 0 saturated carbocycles. The Morgan fingerprint density at radius 2 is 2.24 bits per heavy atom. The third-order valence-corrected chi connectivity index (χ3v) is 2.95. The van der Waals surface area contributed by atoms with Crippen LogP contribution in [0.4, 0.5) is 5.69 Å². The molecule has 0 aliphatic heterocycles. The number of hydrogen-bond donors (Lipinski definition) is 1. The van der Waals surface area contributed by atoms with Gasteiger partial charge in [-0.3, -0.25) is 4.79 Å². The molecule has 0 unspecified atom stereocenters. The van der Waals surface area contributed by atoms with Crippen molar-refractivity contribution in [1.29, 1.82) is 0 Å². The maximum absolute atomic E-state index is 11.6. The van der Waals surface area contributed by atoms with Gasteiger partial charge in [0, 0.05) is 24.1 Å². The third kappa shape index (κ3) is 4.83. The van der Waals surface area contributed by atoms with Crippen LogP contribution >= 0.6 is 0 Å². The van der Waals surface area contributed by atoms with Crippen LogP contribution in [0, 0.1) is 6.92 Å². The van der Waals surface area contributed by atoms with Gasteiger partial charge in [-0.1, -0.05) is 6.07 Å². The lowest BCUT2D eigenvalue weighted by atomic mass is 10.3. The minimum absolute atomic E-state index is 0.206. The fourth-order valence-electron chi connectivity index (χ4n) is 1.83. The number of aromatic nitrogens is 2. The van der Waals surface area contributed by atoms with Crippen LogP contribution in [0.5, 0.6) is 5.75 Å². The van der Waals surface area contributed by atoms with Gasteiger partial charge in [-0.05, 0) is 19.1 Å². The largest absolute Gasteiger partial charge is 0.493 e. The Kier molecular flexibility index (Phi) is 5.20. The molecule has 0 fully saturated rings. The number of rotatable bonds is 7. The highest BCUT2D eigenvalue weighted by molar-refractivity contribution is 5.69. The summed E-state index contributed by atoms with van der Waals surface area (Å²) in [5.41, 5.74) is 6.27. The highest BCUT2D eigenvalue weighted by Gasteiger charge is 2.04. The SMILES string of the molecule is Cc1nccn1CCOC(=O)CCOc1cccc(N)c1. The number of anilines is 1. The Bertz CT molecular complexity index is 595. The number of carbonyl (C=O) groups is 1. The Morgan fingerprint density at radius 3 is 2.95 bits per heavy atom. The predicted octanol–water partition coefficient (Wildman–Crippen LogP) is 1.79. The van der Waals surface area contributed by atoms with Crippen molar-refractivity contribution in [3.8, 4) is 5.75 Å². The summed E-state index contributed by atoms with van der Waals surface area (Å²) in [6, 6.07) is 7.09. The van der Waals surface area contributed by atoms with Crippen LogP contribution in [0.15, 0.2) is 36.7 Å². The highest BCUT2D eigenvalue weighted by atomic mass is 16.5. The smallest absolute Gasteiger partial charge is 0.309 e. The maximum Gasteiger partial charge on any atom is 0.309 e. The summed E-state index contributed by atoms with van der Waals surface area (Å²) < 4.78 is 12.5.